The molecule has 30 atom stereocenters. The number of ether oxygens (including phenoxy) is 11. The Kier molecular flexibility index (Phi) is 21.8. The summed E-state index contributed by atoms with van der Waals surface area (Å²) in [6.45, 7) is -0.330. The van der Waals surface area contributed by atoms with Crippen molar-refractivity contribution in [2.45, 2.75) is 212 Å². The van der Waals surface area contributed by atoms with E-state index in [-0.39, 0.29) is 0 Å². The Labute approximate surface area is 426 Å². The predicted octanol–water partition coefficient (Wildman–Crippen LogP) is -12.6. The zero-order chi connectivity index (χ0) is 55.5. The molecule has 0 spiro atoms. The Hall–Kier alpha value is -2.67. The summed E-state index contributed by atoms with van der Waals surface area (Å²) in [5.41, 5.74) is 0. The molecule has 0 radical (unpaired) electrons. The smallest absolute Gasteiger partial charge is 0.217 e. The van der Waals surface area contributed by atoms with Gasteiger partial charge in [-0.1, -0.05) is 0 Å². The Balaban J connectivity index is 1.33. The van der Waals surface area contributed by atoms with Gasteiger partial charge in [0.2, 0.25) is 17.7 Å². The van der Waals surface area contributed by atoms with Crippen LogP contribution in [0.5, 0.6) is 0 Å². The van der Waals surface area contributed by atoms with Gasteiger partial charge in [0.15, 0.2) is 37.7 Å². The summed E-state index contributed by atoms with van der Waals surface area (Å²) in [6.07, 6.45) is -50.4. The third-order valence-electron chi connectivity index (χ3n) is 13.6. The van der Waals surface area contributed by atoms with Crippen LogP contribution in [0.15, 0.2) is 0 Å². The van der Waals surface area contributed by atoms with Gasteiger partial charge in [0.05, 0.1) is 39.1 Å². The van der Waals surface area contributed by atoms with E-state index in [0.717, 1.165) is 20.8 Å². The lowest BCUT2D eigenvalue weighted by molar-refractivity contribution is -0.397. The fourth-order valence-electron chi connectivity index (χ4n) is 9.53. The highest BCUT2D eigenvalue weighted by Crippen LogP contribution is 2.37. The van der Waals surface area contributed by atoms with Crippen LogP contribution in [0.3, 0.4) is 0 Å². The molecule has 6 rings (SSSR count). The van der Waals surface area contributed by atoms with Crippen LogP contribution < -0.4 is 16.0 Å². The van der Waals surface area contributed by atoms with E-state index in [1.165, 1.54) is 6.92 Å². The van der Waals surface area contributed by atoms with Gasteiger partial charge in [-0.05, 0) is 6.92 Å². The molecule has 0 saturated carbocycles. The maximum absolute atomic E-state index is 12.9. The van der Waals surface area contributed by atoms with Gasteiger partial charge in [-0.3, -0.25) is 14.4 Å². The first-order chi connectivity index (χ1) is 35.4. The van der Waals surface area contributed by atoms with Gasteiger partial charge in [0, 0.05) is 20.8 Å². The topological polar surface area (TPSA) is 513 Å². The largest absolute Gasteiger partial charge is 0.394 e. The molecule has 6 aliphatic heterocycles. The van der Waals surface area contributed by atoms with Gasteiger partial charge in [-0.15, -0.1) is 0 Å². The molecular weight excluding hydrogens is 1030 g/mol. The van der Waals surface area contributed by atoms with E-state index in [1.807, 2.05) is 0 Å². The molecule has 33 nitrogen and oxygen atoms in total. The number of aliphatic hydroxyl groups is 16. The highest BCUT2D eigenvalue weighted by molar-refractivity contribution is 5.74. The number of carbonyl (C=O) groups excluding carboxylic acids is 3. The Bertz CT molecular complexity index is 1850. The van der Waals surface area contributed by atoms with Crippen molar-refractivity contribution in [1.29, 1.82) is 0 Å². The predicted molar refractivity (Wildman–Crippen MR) is 233 cm³/mol. The molecule has 3 amide bonds. The van der Waals surface area contributed by atoms with Crippen LogP contribution in [0.2, 0.25) is 0 Å². The molecule has 0 aromatic heterocycles. The van der Waals surface area contributed by atoms with Crippen LogP contribution >= 0.6 is 0 Å². The molecule has 0 aliphatic carbocycles. The minimum Gasteiger partial charge on any atom is -0.394 e. The standard InChI is InChI=1S/C42H71N3O30/c1-10-22(53)29(60)31(62)40(66-10)75-36-35(74-39-19(43-11(2)50)28(59)23(54)14(5-46)69-39)26(57)17(8-49)71-42(36)73-34-21(45-13(4)52)38(68-16(7-48)25(34)56)65-9-18-27(58)33(20(37(64)67-18)44-12(3)51)72-41-32(63)30(61)24(55)15(6-47)70-41/h10,14-42,46-49,53-64H,5-9H2,1-4H3,(H,43,50)(H,44,51)(H,45,52)/t10-,14+,15+,16+,17+,18+,19+,20+,21+,22+,23+,24-,25+,26-,27-,28+,29+,30-,31-,32+,33+,34+,35-,36+,37-,38?,39?,40?,41?,42?/m0/s1. The molecule has 6 fully saturated rings. The molecular formula is C42H71N3O30. The third kappa shape index (κ3) is 13.7. The maximum Gasteiger partial charge on any atom is 0.217 e. The summed E-state index contributed by atoms with van der Waals surface area (Å²) >= 11 is 0. The van der Waals surface area contributed by atoms with Gasteiger partial charge in [-0.25, -0.2) is 0 Å². The van der Waals surface area contributed by atoms with Crippen molar-refractivity contribution in [1.82, 2.24) is 16.0 Å². The molecule has 75 heavy (non-hydrogen) atoms. The van der Waals surface area contributed by atoms with Crippen molar-refractivity contribution in [3.63, 3.8) is 0 Å². The number of amides is 3. The molecule has 0 aromatic carbocycles. The Morgan fingerprint density at radius 2 is 0.760 bits per heavy atom. The van der Waals surface area contributed by atoms with E-state index in [0.29, 0.717) is 0 Å². The third-order valence-corrected chi connectivity index (χ3v) is 13.6. The summed E-state index contributed by atoms with van der Waals surface area (Å²) in [5.74, 6) is -2.41. The molecule has 19 N–H and O–H groups in total. The van der Waals surface area contributed by atoms with E-state index in [2.05, 4.69) is 16.0 Å². The SMILES string of the molecule is CC(=O)N[C@@H]1[C@@H](OC2O[C@H](CO)[C@H](O)[C@H](O)[C@H]2O)[C@@H](O)[C@@H](COC2O[C@H](CO)[C@@H](O)[C@H](OC3O[C@H](CO)[C@H](O)[C@H](OC4O[C@H](CO)[C@@H](O)[C@H](O)[C@H]4NC(C)=O)[C@H]3OC3O[C@@H](C)[C@@H](O)[C@@H](O)[C@@H]3O)[C@H]2NC(C)=O)O[C@@H]1O. The molecule has 5 unspecified atom stereocenters. The number of hydrogen-bond donors (Lipinski definition) is 19. The summed E-state index contributed by atoms with van der Waals surface area (Å²) in [5, 5.41) is 180. The number of carbonyl (C=O) groups is 3. The Morgan fingerprint density at radius 3 is 1.32 bits per heavy atom. The van der Waals surface area contributed by atoms with Crippen LogP contribution in [-0.4, -0.2) is 317 Å². The van der Waals surface area contributed by atoms with Crippen LogP contribution in [0.4, 0.5) is 0 Å². The molecule has 0 aromatic rings. The lowest BCUT2D eigenvalue weighted by atomic mass is 9.94. The Morgan fingerprint density at radius 1 is 0.373 bits per heavy atom. The summed E-state index contributed by atoms with van der Waals surface area (Å²) in [6, 6.07) is -5.04. The minimum atomic E-state index is -2.13. The van der Waals surface area contributed by atoms with Crippen LogP contribution in [0.1, 0.15) is 27.7 Å². The highest BCUT2D eigenvalue weighted by atomic mass is 16.8. The van der Waals surface area contributed by atoms with E-state index in [9.17, 15) is 96.1 Å². The van der Waals surface area contributed by atoms with E-state index in [4.69, 9.17) is 52.1 Å². The van der Waals surface area contributed by atoms with Gasteiger partial charge >= 0.3 is 0 Å². The second kappa shape index (κ2) is 26.5. The van der Waals surface area contributed by atoms with Gasteiger partial charge in [-0.2, -0.15) is 0 Å². The number of nitrogens with one attached hydrogen (secondary N) is 3. The van der Waals surface area contributed by atoms with Crippen LogP contribution in [0, 0.1) is 0 Å². The first kappa shape index (κ1) is 61.5. The first-order valence-corrected chi connectivity index (χ1v) is 23.9. The van der Waals surface area contributed by atoms with E-state index >= 15 is 0 Å². The minimum absolute atomic E-state index is 0.772. The number of rotatable bonds is 18. The average Bonchev–Trinajstić information content (AvgIpc) is 3.36. The molecule has 0 bridgehead atoms. The van der Waals surface area contributed by atoms with Gasteiger partial charge in [0.25, 0.3) is 0 Å². The van der Waals surface area contributed by atoms with Crippen molar-refractivity contribution < 1.29 is 148 Å². The van der Waals surface area contributed by atoms with Gasteiger partial charge < -0.3 is 150 Å². The molecule has 434 valence electrons. The van der Waals surface area contributed by atoms with E-state index in [1.54, 1.807) is 0 Å². The average molecular weight is 1100 g/mol. The van der Waals surface area contributed by atoms with Crippen molar-refractivity contribution in [2.75, 3.05) is 33.0 Å². The summed E-state index contributed by atoms with van der Waals surface area (Å²) in [7, 11) is 0. The lowest BCUT2D eigenvalue weighted by Crippen LogP contribution is -2.71. The molecule has 6 aliphatic rings. The summed E-state index contributed by atoms with van der Waals surface area (Å²) in [4.78, 5) is 37.5. The first-order valence-electron chi connectivity index (χ1n) is 23.9. The summed E-state index contributed by atoms with van der Waals surface area (Å²) < 4.78 is 64.6. The van der Waals surface area contributed by atoms with Gasteiger partial charge in [0.1, 0.15) is 140 Å². The number of aliphatic hydroxyl groups excluding tert-OH is 16. The second-order valence-corrected chi connectivity index (χ2v) is 19.0. The van der Waals surface area contributed by atoms with E-state index < -0.39 is 235 Å². The molecule has 33 heteroatoms. The van der Waals surface area contributed by atoms with Crippen molar-refractivity contribution in [2.24, 2.45) is 0 Å². The highest BCUT2D eigenvalue weighted by Gasteiger charge is 2.58. The molecule has 6 heterocycles. The lowest BCUT2D eigenvalue weighted by Gasteiger charge is -2.51. The van der Waals surface area contributed by atoms with Crippen molar-refractivity contribution in [3.8, 4) is 0 Å². The van der Waals surface area contributed by atoms with Crippen molar-refractivity contribution in [3.05, 3.63) is 0 Å². The van der Waals surface area contributed by atoms with Crippen LogP contribution in [0.25, 0.3) is 0 Å². The fraction of sp³-hybridized carbons (Fsp3) is 0.929. The fourth-order valence-corrected chi connectivity index (χ4v) is 9.53. The monoisotopic (exact) mass is 1100 g/mol. The normalized spacial score (nSPS) is 48.6. The number of hydrogen-bond acceptors (Lipinski definition) is 30. The quantitative estimate of drug-likeness (QED) is 0.0606. The molecule has 6 saturated heterocycles. The second-order valence-electron chi connectivity index (χ2n) is 19.0. The van der Waals surface area contributed by atoms with Crippen molar-refractivity contribution >= 4 is 17.7 Å². The maximum atomic E-state index is 12.9. The zero-order valence-electron chi connectivity index (χ0n) is 40.7. The van der Waals surface area contributed by atoms with Crippen LogP contribution in [-0.2, 0) is 66.5 Å². The zero-order valence-corrected chi connectivity index (χ0v) is 40.7.